The molecule has 0 spiro atoms. The molecule has 4 heteroatoms. The molecule has 0 unspecified atom stereocenters. The smallest absolute Gasteiger partial charge is 0.320 e. The van der Waals surface area contributed by atoms with Crippen molar-refractivity contribution < 1.29 is 19.1 Å². The van der Waals surface area contributed by atoms with E-state index in [0.29, 0.717) is 6.42 Å². The van der Waals surface area contributed by atoms with Crippen molar-refractivity contribution in [3.05, 3.63) is 12.7 Å². The minimum Gasteiger partial charge on any atom is -0.468 e. The van der Waals surface area contributed by atoms with Crippen LogP contribution in [0.2, 0.25) is 0 Å². The SMILES string of the molecule is C=C[C@@H](CCC)C(C(=O)OC)C(=O)OC. The third kappa shape index (κ3) is 3.73. The summed E-state index contributed by atoms with van der Waals surface area (Å²) in [5.41, 5.74) is 0. The first-order valence-corrected chi connectivity index (χ1v) is 4.90. The number of allylic oxidation sites excluding steroid dienone is 1. The largest absolute Gasteiger partial charge is 0.468 e. The molecule has 1 atom stereocenters. The van der Waals surface area contributed by atoms with E-state index >= 15 is 0 Å². The van der Waals surface area contributed by atoms with Gasteiger partial charge in [-0.2, -0.15) is 0 Å². The lowest BCUT2D eigenvalue weighted by Crippen LogP contribution is -2.32. The third-order valence-corrected chi connectivity index (χ3v) is 2.26. The molecule has 0 rings (SSSR count). The van der Waals surface area contributed by atoms with Crippen LogP contribution >= 0.6 is 0 Å². The average molecular weight is 214 g/mol. The maximum Gasteiger partial charge on any atom is 0.320 e. The van der Waals surface area contributed by atoms with Gasteiger partial charge in [-0.15, -0.1) is 6.58 Å². The Bertz CT molecular complexity index is 219. The Kier molecular flexibility index (Phi) is 6.42. The van der Waals surface area contributed by atoms with Crippen LogP contribution in [-0.2, 0) is 19.1 Å². The molecule has 0 N–H and O–H groups in total. The van der Waals surface area contributed by atoms with Gasteiger partial charge in [-0.1, -0.05) is 19.4 Å². The van der Waals surface area contributed by atoms with Crippen LogP contribution in [0.25, 0.3) is 0 Å². The summed E-state index contributed by atoms with van der Waals surface area (Å²) in [6, 6.07) is 0. The van der Waals surface area contributed by atoms with Gasteiger partial charge in [0.25, 0.3) is 0 Å². The zero-order chi connectivity index (χ0) is 11.8. The molecule has 4 nitrogen and oxygen atoms in total. The fourth-order valence-electron chi connectivity index (χ4n) is 1.45. The zero-order valence-electron chi connectivity index (χ0n) is 9.49. The molecule has 0 aliphatic rings. The van der Waals surface area contributed by atoms with Gasteiger partial charge in [0, 0.05) is 5.92 Å². The van der Waals surface area contributed by atoms with E-state index in [1.165, 1.54) is 14.2 Å². The van der Waals surface area contributed by atoms with Gasteiger partial charge in [0.1, 0.15) is 0 Å². The van der Waals surface area contributed by atoms with Crippen LogP contribution in [0.3, 0.4) is 0 Å². The second kappa shape index (κ2) is 7.04. The molecule has 0 saturated carbocycles. The molecule has 0 aliphatic heterocycles. The minimum absolute atomic E-state index is 0.227. The third-order valence-electron chi connectivity index (χ3n) is 2.26. The fraction of sp³-hybridized carbons (Fsp3) is 0.636. The van der Waals surface area contributed by atoms with Crippen molar-refractivity contribution in [2.75, 3.05) is 14.2 Å². The van der Waals surface area contributed by atoms with E-state index in [4.69, 9.17) is 0 Å². The van der Waals surface area contributed by atoms with Crippen LogP contribution in [0.5, 0.6) is 0 Å². The Hall–Kier alpha value is -1.32. The summed E-state index contributed by atoms with van der Waals surface area (Å²) >= 11 is 0. The summed E-state index contributed by atoms with van der Waals surface area (Å²) in [5.74, 6) is -2.26. The molecule has 0 aromatic heterocycles. The Balaban J connectivity index is 4.80. The number of methoxy groups -OCH3 is 2. The number of esters is 2. The van der Waals surface area contributed by atoms with E-state index in [9.17, 15) is 9.59 Å². The van der Waals surface area contributed by atoms with Crippen LogP contribution in [-0.4, -0.2) is 26.2 Å². The molecule has 0 aliphatic carbocycles. The number of ether oxygens (including phenoxy) is 2. The van der Waals surface area contributed by atoms with Crippen LogP contribution in [0.1, 0.15) is 19.8 Å². The average Bonchev–Trinajstić information content (AvgIpc) is 2.27. The van der Waals surface area contributed by atoms with Crippen molar-refractivity contribution >= 4 is 11.9 Å². The van der Waals surface area contributed by atoms with E-state index in [1.807, 2.05) is 6.92 Å². The van der Waals surface area contributed by atoms with Crippen molar-refractivity contribution in [2.45, 2.75) is 19.8 Å². The number of carbonyl (C=O) groups is 2. The highest BCUT2D eigenvalue weighted by Gasteiger charge is 2.34. The van der Waals surface area contributed by atoms with Gasteiger partial charge in [0.15, 0.2) is 5.92 Å². The second-order valence-corrected chi connectivity index (χ2v) is 3.21. The minimum atomic E-state index is -0.891. The number of hydrogen-bond acceptors (Lipinski definition) is 4. The lowest BCUT2D eigenvalue weighted by atomic mass is 9.88. The van der Waals surface area contributed by atoms with Gasteiger partial charge in [-0.05, 0) is 6.42 Å². The monoisotopic (exact) mass is 214 g/mol. The van der Waals surface area contributed by atoms with E-state index < -0.39 is 17.9 Å². The highest BCUT2D eigenvalue weighted by molar-refractivity contribution is 5.95. The highest BCUT2D eigenvalue weighted by Crippen LogP contribution is 2.21. The maximum atomic E-state index is 11.4. The van der Waals surface area contributed by atoms with Gasteiger partial charge in [0.05, 0.1) is 14.2 Å². The Morgan fingerprint density at radius 3 is 2.00 bits per heavy atom. The molecule has 0 saturated heterocycles. The lowest BCUT2D eigenvalue weighted by Gasteiger charge is -2.19. The maximum absolute atomic E-state index is 11.4. The van der Waals surface area contributed by atoms with Crippen molar-refractivity contribution in [1.29, 1.82) is 0 Å². The topological polar surface area (TPSA) is 52.6 Å². The Labute approximate surface area is 90.2 Å². The Morgan fingerprint density at radius 2 is 1.73 bits per heavy atom. The first kappa shape index (κ1) is 13.7. The summed E-state index contributed by atoms with van der Waals surface area (Å²) in [7, 11) is 2.51. The molecule has 0 fully saturated rings. The molecule has 0 aromatic carbocycles. The summed E-state index contributed by atoms with van der Waals surface area (Å²) in [4.78, 5) is 22.8. The normalized spacial score (nSPS) is 12.0. The number of carbonyl (C=O) groups excluding carboxylic acids is 2. The quantitative estimate of drug-likeness (QED) is 0.382. The molecule has 0 radical (unpaired) electrons. The van der Waals surface area contributed by atoms with Gasteiger partial charge in [-0.3, -0.25) is 9.59 Å². The first-order valence-electron chi connectivity index (χ1n) is 4.90. The molecular formula is C11H18O4. The predicted octanol–water partition coefficient (Wildman–Crippen LogP) is 1.55. The summed E-state index contributed by atoms with van der Waals surface area (Å²) < 4.78 is 9.15. The molecular weight excluding hydrogens is 196 g/mol. The predicted molar refractivity (Wildman–Crippen MR) is 56.1 cm³/mol. The zero-order valence-corrected chi connectivity index (χ0v) is 9.49. The van der Waals surface area contributed by atoms with Crippen molar-refractivity contribution in [3.63, 3.8) is 0 Å². The second-order valence-electron chi connectivity index (χ2n) is 3.21. The van der Waals surface area contributed by atoms with Crippen LogP contribution < -0.4 is 0 Å². The molecule has 0 aromatic rings. The number of rotatable bonds is 6. The summed E-state index contributed by atoms with van der Waals surface area (Å²) in [6.07, 6.45) is 3.17. The summed E-state index contributed by atoms with van der Waals surface area (Å²) in [6.45, 7) is 5.59. The molecule has 0 amide bonds. The van der Waals surface area contributed by atoms with E-state index in [2.05, 4.69) is 16.1 Å². The van der Waals surface area contributed by atoms with E-state index in [-0.39, 0.29) is 5.92 Å². The molecule has 86 valence electrons. The highest BCUT2D eigenvalue weighted by atomic mass is 16.5. The van der Waals surface area contributed by atoms with Crippen LogP contribution in [0, 0.1) is 11.8 Å². The standard InChI is InChI=1S/C11H18O4/c1-5-7-8(6-2)9(10(12)14-3)11(13)15-4/h6,8-9H,2,5,7H2,1,3-4H3/t8-/m0/s1. The van der Waals surface area contributed by atoms with Gasteiger partial charge in [-0.25, -0.2) is 0 Å². The molecule has 0 bridgehead atoms. The van der Waals surface area contributed by atoms with Crippen molar-refractivity contribution in [2.24, 2.45) is 11.8 Å². The first-order chi connectivity index (χ1) is 7.12. The summed E-state index contributed by atoms with van der Waals surface area (Å²) in [5, 5.41) is 0. The van der Waals surface area contributed by atoms with Gasteiger partial charge >= 0.3 is 11.9 Å². The van der Waals surface area contributed by atoms with Gasteiger partial charge < -0.3 is 9.47 Å². The van der Waals surface area contributed by atoms with Crippen molar-refractivity contribution in [3.8, 4) is 0 Å². The number of hydrogen-bond donors (Lipinski definition) is 0. The molecule has 0 heterocycles. The van der Waals surface area contributed by atoms with Crippen LogP contribution in [0.15, 0.2) is 12.7 Å². The Morgan fingerprint density at radius 1 is 1.27 bits per heavy atom. The fourth-order valence-corrected chi connectivity index (χ4v) is 1.45. The lowest BCUT2D eigenvalue weighted by molar-refractivity contribution is -0.160. The van der Waals surface area contributed by atoms with Crippen molar-refractivity contribution in [1.82, 2.24) is 0 Å². The van der Waals surface area contributed by atoms with E-state index in [0.717, 1.165) is 6.42 Å². The van der Waals surface area contributed by atoms with Gasteiger partial charge in [0.2, 0.25) is 0 Å². The van der Waals surface area contributed by atoms with E-state index in [1.54, 1.807) is 6.08 Å². The van der Waals surface area contributed by atoms with Crippen LogP contribution in [0.4, 0.5) is 0 Å². The molecule has 15 heavy (non-hydrogen) atoms.